The molecule has 7 nitrogen and oxygen atoms in total. The lowest BCUT2D eigenvalue weighted by Gasteiger charge is -2.15. The molecule has 0 radical (unpaired) electrons. The summed E-state index contributed by atoms with van der Waals surface area (Å²) in [6.07, 6.45) is 1.47. The Hall–Kier alpha value is -3.37. The number of nitriles is 1. The van der Waals surface area contributed by atoms with Crippen molar-refractivity contribution in [3.8, 4) is 29.1 Å². The molecule has 0 saturated heterocycles. The molecule has 1 amide bonds. The predicted octanol–water partition coefficient (Wildman–Crippen LogP) is 4.04. The molecule has 1 aliphatic heterocycles. The van der Waals surface area contributed by atoms with Gasteiger partial charge < -0.3 is 23.8 Å². The highest BCUT2D eigenvalue weighted by atomic mass is 35.5. The summed E-state index contributed by atoms with van der Waals surface area (Å²) in [6, 6.07) is 10.8. The summed E-state index contributed by atoms with van der Waals surface area (Å²) in [4.78, 5) is 13.4. The Balaban J connectivity index is 1.86. The largest absolute Gasteiger partial charge is 0.490 e. The number of likely N-dealkylation sites (N-methyl/N-ethyl adjacent to an activating group) is 1. The number of carbonyl (C=O) groups excluding carboxylic acids is 1. The number of hydrogen-bond donors (Lipinski definition) is 0. The van der Waals surface area contributed by atoms with Gasteiger partial charge in [-0.3, -0.25) is 4.79 Å². The highest BCUT2D eigenvalue weighted by Gasteiger charge is 2.17. The lowest BCUT2D eigenvalue weighted by molar-refractivity contribution is -0.124. The fraction of sp³-hybridized carbons (Fsp3) is 0.273. The number of nitrogens with zero attached hydrogens (tertiary/aromatic N) is 2. The molecule has 156 valence electrons. The van der Waals surface area contributed by atoms with Crippen LogP contribution in [-0.2, 0) is 11.4 Å². The first-order chi connectivity index (χ1) is 14.4. The normalized spacial score (nSPS) is 12.3. The van der Waals surface area contributed by atoms with Gasteiger partial charge in [0.1, 0.15) is 18.2 Å². The molecule has 2 aromatic carbocycles. The zero-order chi connectivity index (χ0) is 21.7. The zero-order valence-corrected chi connectivity index (χ0v) is 17.7. The van der Waals surface area contributed by atoms with E-state index >= 15 is 0 Å². The number of ether oxygens (including phenoxy) is 4. The molecule has 0 fully saturated rings. The highest BCUT2D eigenvalue weighted by molar-refractivity contribution is 6.32. The molecule has 3 rings (SSSR count). The first-order valence-electron chi connectivity index (χ1n) is 9.24. The number of amides is 1. The molecule has 0 N–H and O–H groups in total. The third kappa shape index (κ3) is 4.78. The number of rotatable bonds is 7. The number of halogens is 1. The lowest BCUT2D eigenvalue weighted by Crippen LogP contribution is -2.22. The first kappa shape index (κ1) is 21.3. The average molecular weight is 429 g/mol. The number of benzene rings is 2. The molecule has 30 heavy (non-hydrogen) atoms. The first-order valence-corrected chi connectivity index (χ1v) is 9.61. The van der Waals surface area contributed by atoms with E-state index in [1.807, 2.05) is 31.2 Å². The summed E-state index contributed by atoms with van der Waals surface area (Å²) in [5.41, 5.74) is 1.43. The highest BCUT2D eigenvalue weighted by Crippen LogP contribution is 2.38. The van der Waals surface area contributed by atoms with Gasteiger partial charge in [0.15, 0.2) is 23.0 Å². The molecule has 0 atom stereocenters. The minimum Gasteiger partial charge on any atom is -0.490 e. The van der Waals surface area contributed by atoms with Crippen LogP contribution in [0.5, 0.6) is 23.0 Å². The molecule has 0 bridgehead atoms. The molecule has 2 aromatic rings. The fourth-order valence-corrected chi connectivity index (χ4v) is 3.08. The third-order valence-corrected chi connectivity index (χ3v) is 4.50. The maximum absolute atomic E-state index is 12.1. The van der Waals surface area contributed by atoms with Crippen LogP contribution in [0.1, 0.15) is 18.1 Å². The van der Waals surface area contributed by atoms with Crippen molar-refractivity contribution in [1.29, 1.82) is 5.26 Å². The van der Waals surface area contributed by atoms with Crippen LogP contribution in [0.4, 0.5) is 0 Å². The maximum atomic E-state index is 12.1. The quantitative estimate of drug-likeness (QED) is 0.489. The van der Waals surface area contributed by atoms with Crippen molar-refractivity contribution >= 4 is 23.6 Å². The summed E-state index contributed by atoms with van der Waals surface area (Å²) in [7, 11) is 3.17. The van der Waals surface area contributed by atoms with E-state index in [0.29, 0.717) is 40.2 Å². The van der Waals surface area contributed by atoms with Crippen LogP contribution >= 0.6 is 11.6 Å². The van der Waals surface area contributed by atoms with Crippen LogP contribution < -0.4 is 18.9 Å². The van der Waals surface area contributed by atoms with E-state index in [1.54, 1.807) is 26.2 Å². The summed E-state index contributed by atoms with van der Waals surface area (Å²) in [6.45, 7) is 2.68. The second-order valence-corrected chi connectivity index (χ2v) is 7.02. The summed E-state index contributed by atoms with van der Waals surface area (Å²) in [5.74, 6) is 1.78. The van der Waals surface area contributed by atoms with E-state index in [4.69, 9.17) is 30.5 Å². The lowest BCUT2D eigenvalue weighted by atomic mass is 10.1. The van der Waals surface area contributed by atoms with Gasteiger partial charge in [0.05, 0.1) is 11.6 Å². The van der Waals surface area contributed by atoms with E-state index in [2.05, 4.69) is 0 Å². The molecular formula is C22H21ClN2O5. The van der Waals surface area contributed by atoms with Crippen molar-refractivity contribution in [2.24, 2.45) is 0 Å². The Labute approximate surface area is 180 Å². The summed E-state index contributed by atoms with van der Waals surface area (Å²) >= 11 is 6.44. The minimum absolute atomic E-state index is 0.00690. The number of fused-ring (bicyclic) bond motifs is 1. The Morgan fingerprint density at radius 1 is 1.23 bits per heavy atom. The summed E-state index contributed by atoms with van der Waals surface area (Å²) in [5, 5.41) is 9.61. The Bertz CT molecular complexity index is 1030. The van der Waals surface area contributed by atoms with E-state index < -0.39 is 5.91 Å². The second kappa shape index (κ2) is 9.42. The molecule has 0 unspecified atom stereocenters. The van der Waals surface area contributed by atoms with E-state index in [0.717, 1.165) is 5.56 Å². The van der Waals surface area contributed by atoms with Crippen molar-refractivity contribution in [1.82, 2.24) is 4.90 Å². The molecule has 0 aliphatic carbocycles. The van der Waals surface area contributed by atoms with Crippen LogP contribution in [0.15, 0.2) is 35.9 Å². The monoisotopic (exact) mass is 428 g/mol. The molecule has 0 saturated carbocycles. The molecule has 1 aliphatic rings. The molecule has 0 aromatic heterocycles. The van der Waals surface area contributed by atoms with Crippen molar-refractivity contribution in [2.45, 2.75) is 13.5 Å². The zero-order valence-electron chi connectivity index (χ0n) is 16.9. The van der Waals surface area contributed by atoms with Gasteiger partial charge in [0.2, 0.25) is 6.79 Å². The van der Waals surface area contributed by atoms with Crippen molar-refractivity contribution < 1.29 is 23.7 Å². The fourth-order valence-electron chi connectivity index (χ4n) is 2.81. The molecule has 8 heteroatoms. The Kier molecular flexibility index (Phi) is 6.70. The van der Waals surface area contributed by atoms with Crippen LogP contribution in [-0.4, -0.2) is 38.3 Å². The SMILES string of the molecule is CCOc1cc(/C=C(/C#N)C(=O)N(C)C)cc(Cl)c1OCc1ccc2c(c1)OCO2. The van der Waals surface area contributed by atoms with Crippen LogP contribution in [0.2, 0.25) is 5.02 Å². The molecular weight excluding hydrogens is 408 g/mol. The van der Waals surface area contributed by atoms with Gasteiger partial charge in [-0.05, 0) is 48.4 Å². The van der Waals surface area contributed by atoms with Crippen molar-refractivity contribution in [3.05, 3.63) is 52.1 Å². The predicted molar refractivity (Wildman–Crippen MR) is 112 cm³/mol. The Morgan fingerprint density at radius 2 is 2.00 bits per heavy atom. The van der Waals surface area contributed by atoms with Crippen LogP contribution in [0.25, 0.3) is 6.08 Å². The smallest absolute Gasteiger partial charge is 0.264 e. The van der Waals surface area contributed by atoms with Gasteiger partial charge in [-0.1, -0.05) is 17.7 Å². The standard InChI is InChI=1S/C22H21ClN2O5/c1-4-27-20-10-15(7-16(11-24)22(26)25(2)3)8-17(23)21(20)28-12-14-5-6-18-19(9-14)30-13-29-18/h5-10H,4,12-13H2,1-3H3/b16-7-. The van der Waals surface area contributed by atoms with Gasteiger partial charge in [-0.25, -0.2) is 0 Å². The molecule has 1 heterocycles. The van der Waals surface area contributed by atoms with Crippen LogP contribution in [0.3, 0.4) is 0 Å². The number of hydrogen-bond acceptors (Lipinski definition) is 6. The third-order valence-electron chi connectivity index (χ3n) is 4.22. The van der Waals surface area contributed by atoms with E-state index in [9.17, 15) is 10.1 Å². The van der Waals surface area contributed by atoms with Crippen molar-refractivity contribution in [3.63, 3.8) is 0 Å². The van der Waals surface area contributed by atoms with E-state index in [1.165, 1.54) is 11.0 Å². The van der Waals surface area contributed by atoms with Gasteiger partial charge in [-0.2, -0.15) is 5.26 Å². The average Bonchev–Trinajstić information content (AvgIpc) is 3.19. The Morgan fingerprint density at radius 3 is 2.70 bits per heavy atom. The van der Waals surface area contributed by atoms with Gasteiger partial charge in [0.25, 0.3) is 5.91 Å². The summed E-state index contributed by atoms with van der Waals surface area (Å²) < 4.78 is 22.3. The minimum atomic E-state index is -0.394. The van der Waals surface area contributed by atoms with Gasteiger partial charge in [-0.15, -0.1) is 0 Å². The maximum Gasteiger partial charge on any atom is 0.264 e. The van der Waals surface area contributed by atoms with Crippen LogP contribution in [0, 0.1) is 11.3 Å². The topological polar surface area (TPSA) is 81.0 Å². The number of carbonyl (C=O) groups is 1. The van der Waals surface area contributed by atoms with E-state index in [-0.39, 0.29) is 19.0 Å². The van der Waals surface area contributed by atoms with Gasteiger partial charge in [0, 0.05) is 14.1 Å². The molecule has 0 spiro atoms. The second-order valence-electron chi connectivity index (χ2n) is 6.61. The van der Waals surface area contributed by atoms with Crippen molar-refractivity contribution in [2.75, 3.05) is 27.5 Å². The van der Waals surface area contributed by atoms with Gasteiger partial charge >= 0.3 is 0 Å².